The summed E-state index contributed by atoms with van der Waals surface area (Å²) in [6.45, 7) is 0.253. The molecule has 0 aliphatic carbocycles. The Hall–Kier alpha value is -1.99. The number of aromatic nitrogens is 1. The highest BCUT2D eigenvalue weighted by Crippen LogP contribution is 2.21. The largest absolute Gasteiger partial charge is 0.388 e. The van der Waals surface area contributed by atoms with Gasteiger partial charge < -0.3 is 5.73 Å². The molecule has 0 fully saturated rings. The minimum absolute atomic E-state index is 0.0560. The highest BCUT2D eigenvalue weighted by atomic mass is 32.2. The van der Waals surface area contributed by atoms with Crippen molar-refractivity contribution in [3.05, 3.63) is 36.7 Å². The Balaban J connectivity index is 2.21. The Morgan fingerprint density at radius 2 is 2.15 bits per heavy atom. The van der Waals surface area contributed by atoms with Crippen molar-refractivity contribution in [2.45, 2.75) is 17.7 Å². The van der Waals surface area contributed by atoms with Crippen molar-refractivity contribution in [3.8, 4) is 0 Å². The van der Waals surface area contributed by atoms with Crippen molar-refractivity contribution >= 4 is 26.6 Å². The second kappa shape index (κ2) is 5.98. The van der Waals surface area contributed by atoms with E-state index in [4.69, 9.17) is 11.1 Å². The van der Waals surface area contributed by atoms with Crippen LogP contribution in [0.3, 0.4) is 0 Å². The van der Waals surface area contributed by atoms with E-state index in [1.54, 1.807) is 30.6 Å². The Morgan fingerprint density at radius 3 is 2.90 bits per heavy atom. The summed E-state index contributed by atoms with van der Waals surface area (Å²) in [7, 11) is -3.57. The molecule has 0 aliphatic rings. The first kappa shape index (κ1) is 14.4. The van der Waals surface area contributed by atoms with Crippen LogP contribution < -0.4 is 10.5 Å². The molecule has 0 spiro atoms. The van der Waals surface area contributed by atoms with Crippen LogP contribution in [0.1, 0.15) is 12.8 Å². The van der Waals surface area contributed by atoms with Crippen LogP contribution in [0.15, 0.2) is 41.6 Å². The molecule has 0 atom stereocenters. The van der Waals surface area contributed by atoms with Gasteiger partial charge in [0.25, 0.3) is 0 Å². The van der Waals surface area contributed by atoms with Crippen molar-refractivity contribution in [2.24, 2.45) is 5.73 Å². The third-order valence-corrected chi connectivity index (χ3v) is 4.36. The summed E-state index contributed by atoms with van der Waals surface area (Å²) in [4.78, 5) is 4.21. The molecule has 7 heteroatoms. The molecule has 6 nitrogen and oxygen atoms in total. The minimum atomic E-state index is -3.57. The SMILES string of the molecule is N=C(N)CCCNS(=O)(=O)c1cccc2cnccc12. The zero-order valence-corrected chi connectivity index (χ0v) is 11.7. The van der Waals surface area contributed by atoms with E-state index in [2.05, 4.69) is 9.71 Å². The molecule has 2 rings (SSSR count). The Bertz CT molecular complexity index is 723. The molecule has 0 saturated heterocycles. The van der Waals surface area contributed by atoms with Crippen LogP contribution >= 0.6 is 0 Å². The molecule has 0 radical (unpaired) electrons. The number of hydrogen-bond donors (Lipinski definition) is 3. The molecule has 0 bridgehead atoms. The molecule has 0 aliphatic heterocycles. The summed E-state index contributed by atoms with van der Waals surface area (Å²) in [5.74, 6) is 0.0560. The molecule has 106 valence electrons. The van der Waals surface area contributed by atoms with E-state index in [0.717, 1.165) is 5.39 Å². The number of rotatable bonds is 6. The van der Waals surface area contributed by atoms with Crippen molar-refractivity contribution in [2.75, 3.05) is 6.54 Å². The number of amidine groups is 1. The lowest BCUT2D eigenvalue weighted by Crippen LogP contribution is -2.26. The summed E-state index contributed by atoms with van der Waals surface area (Å²) in [6, 6.07) is 6.75. The third-order valence-electron chi connectivity index (χ3n) is 2.85. The van der Waals surface area contributed by atoms with Gasteiger partial charge in [0.2, 0.25) is 10.0 Å². The van der Waals surface area contributed by atoms with Crippen LogP contribution in [-0.4, -0.2) is 25.8 Å². The van der Waals surface area contributed by atoms with Crippen LogP contribution in [0, 0.1) is 5.41 Å². The van der Waals surface area contributed by atoms with E-state index < -0.39 is 10.0 Å². The molecular weight excluding hydrogens is 276 g/mol. The van der Waals surface area contributed by atoms with Crippen LogP contribution in [0.5, 0.6) is 0 Å². The Morgan fingerprint density at radius 1 is 1.35 bits per heavy atom. The van der Waals surface area contributed by atoms with Crippen LogP contribution in [0.25, 0.3) is 10.8 Å². The molecule has 4 N–H and O–H groups in total. The van der Waals surface area contributed by atoms with Gasteiger partial charge in [-0.1, -0.05) is 12.1 Å². The molecule has 0 unspecified atom stereocenters. The normalized spacial score (nSPS) is 11.6. The number of hydrogen-bond acceptors (Lipinski definition) is 4. The number of sulfonamides is 1. The van der Waals surface area contributed by atoms with E-state index in [1.165, 1.54) is 0 Å². The molecule has 20 heavy (non-hydrogen) atoms. The summed E-state index contributed by atoms with van der Waals surface area (Å²) in [5, 5.41) is 8.51. The number of nitrogens with two attached hydrogens (primary N) is 1. The zero-order chi connectivity index (χ0) is 14.6. The minimum Gasteiger partial charge on any atom is -0.388 e. The van der Waals surface area contributed by atoms with Gasteiger partial charge in [-0.15, -0.1) is 0 Å². The maximum Gasteiger partial charge on any atom is 0.241 e. The Labute approximate surface area is 117 Å². The van der Waals surface area contributed by atoms with Crippen molar-refractivity contribution < 1.29 is 8.42 Å². The van der Waals surface area contributed by atoms with Gasteiger partial charge in [0.1, 0.15) is 0 Å². The topological polar surface area (TPSA) is 109 Å². The van der Waals surface area contributed by atoms with E-state index >= 15 is 0 Å². The van der Waals surface area contributed by atoms with E-state index in [-0.39, 0.29) is 17.3 Å². The van der Waals surface area contributed by atoms with E-state index in [0.29, 0.717) is 18.2 Å². The number of fused-ring (bicyclic) bond motifs is 1. The van der Waals surface area contributed by atoms with Gasteiger partial charge in [-0.25, -0.2) is 13.1 Å². The van der Waals surface area contributed by atoms with E-state index in [9.17, 15) is 8.42 Å². The molecule has 0 saturated carbocycles. The van der Waals surface area contributed by atoms with Crippen LogP contribution in [0.2, 0.25) is 0 Å². The van der Waals surface area contributed by atoms with Gasteiger partial charge >= 0.3 is 0 Å². The summed E-state index contributed by atoms with van der Waals surface area (Å²) >= 11 is 0. The average Bonchev–Trinajstić information content (AvgIpc) is 2.43. The second-order valence-electron chi connectivity index (χ2n) is 4.38. The van der Waals surface area contributed by atoms with Gasteiger partial charge in [-0.05, 0) is 18.6 Å². The van der Waals surface area contributed by atoms with Gasteiger partial charge in [0.15, 0.2) is 0 Å². The highest BCUT2D eigenvalue weighted by Gasteiger charge is 2.16. The average molecular weight is 292 g/mol. The summed E-state index contributed by atoms with van der Waals surface area (Å²) < 4.78 is 27.1. The smallest absolute Gasteiger partial charge is 0.241 e. The van der Waals surface area contributed by atoms with Gasteiger partial charge in [0, 0.05) is 36.1 Å². The number of nitrogens with one attached hydrogen (secondary N) is 2. The van der Waals surface area contributed by atoms with Crippen molar-refractivity contribution in [3.63, 3.8) is 0 Å². The molecule has 1 aromatic heterocycles. The quantitative estimate of drug-likeness (QED) is 0.422. The fourth-order valence-corrected chi connectivity index (χ4v) is 3.19. The predicted molar refractivity (Wildman–Crippen MR) is 78.1 cm³/mol. The van der Waals surface area contributed by atoms with Gasteiger partial charge in [0.05, 0.1) is 10.7 Å². The van der Waals surface area contributed by atoms with Gasteiger partial charge in [-0.3, -0.25) is 10.4 Å². The molecule has 0 amide bonds. The fraction of sp³-hybridized carbons (Fsp3) is 0.231. The van der Waals surface area contributed by atoms with Crippen molar-refractivity contribution in [1.82, 2.24) is 9.71 Å². The second-order valence-corrected chi connectivity index (χ2v) is 6.11. The monoisotopic (exact) mass is 292 g/mol. The standard InChI is InChI=1S/C13H16N4O2S/c14-13(15)5-2-7-17-20(18,19)12-4-1-3-10-9-16-8-6-11(10)12/h1,3-4,6,8-9,17H,2,5,7H2,(H3,14,15). The summed E-state index contributed by atoms with van der Waals surface area (Å²) in [6.07, 6.45) is 4.07. The van der Waals surface area contributed by atoms with Crippen molar-refractivity contribution in [1.29, 1.82) is 5.41 Å². The first-order valence-electron chi connectivity index (χ1n) is 6.16. The predicted octanol–water partition coefficient (Wildman–Crippen LogP) is 1.23. The first-order valence-corrected chi connectivity index (χ1v) is 7.64. The number of pyridine rings is 1. The lowest BCUT2D eigenvalue weighted by Gasteiger charge is -2.09. The zero-order valence-electron chi connectivity index (χ0n) is 10.8. The first-order chi connectivity index (χ1) is 9.50. The van der Waals surface area contributed by atoms with E-state index in [1.807, 2.05) is 6.07 Å². The molecular formula is C13H16N4O2S. The highest BCUT2D eigenvalue weighted by molar-refractivity contribution is 7.89. The number of benzene rings is 1. The Kier molecular flexibility index (Phi) is 4.31. The van der Waals surface area contributed by atoms with Crippen LogP contribution in [0.4, 0.5) is 0 Å². The fourth-order valence-electron chi connectivity index (χ4n) is 1.89. The lowest BCUT2D eigenvalue weighted by molar-refractivity contribution is 0.580. The molecule has 1 heterocycles. The maximum absolute atomic E-state index is 12.3. The third kappa shape index (κ3) is 3.31. The lowest BCUT2D eigenvalue weighted by atomic mass is 10.2. The van der Waals surface area contributed by atoms with Crippen LogP contribution in [-0.2, 0) is 10.0 Å². The molecule has 1 aromatic carbocycles. The summed E-state index contributed by atoms with van der Waals surface area (Å²) in [5.41, 5.74) is 5.23. The van der Waals surface area contributed by atoms with Gasteiger partial charge in [-0.2, -0.15) is 0 Å². The molecule has 2 aromatic rings. The maximum atomic E-state index is 12.3. The number of nitrogens with zero attached hydrogens (tertiary/aromatic N) is 1.